The lowest BCUT2D eigenvalue weighted by Gasteiger charge is -2.35. The molecule has 0 unspecified atom stereocenters. The Morgan fingerprint density at radius 1 is 1.00 bits per heavy atom. The Labute approximate surface area is 143 Å². The van der Waals surface area contributed by atoms with Gasteiger partial charge in [-0.05, 0) is 30.3 Å². The Morgan fingerprint density at radius 3 is 2.42 bits per heavy atom. The topological polar surface area (TPSA) is 15.7 Å². The van der Waals surface area contributed by atoms with Crippen molar-refractivity contribution in [1.29, 1.82) is 0 Å². The Bertz CT molecular complexity index is 676. The van der Waals surface area contributed by atoms with Crippen molar-refractivity contribution in [3.8, 4) is 5.75 Å². The molecule has 2 aromatic rings. The molecule has 0 bridgehead atoms. The molecule has 0 amide bonds. The number of nitrogens with zero attached hydrogens (tertiary/aromatic N) is 2. The molecule has 4 heteroatoms. The molecule has 0 aliphatic carbocycles. The van der Waals surface area contributed by atoms with E-state index in [0.29, 0.717) is 0 Å². The molecule has 0 radical (unpaired) electrons. The van der Waals surface area contributed by atoms with Gasteiger partial charge in [0.25, 0.3) is 0 Å². The van der Waals surface area contributed by atoms with Crippen LogP contribution in [0.3, 0.4) is 0 Å². The summed E-state index contributed by atoms with van der Waals surface area (Å²) >= 11 is 0. The molecule has 3 rings (SSSR count). The van der Waals surface area contributed by atoms with E-state index >= 15 is 0 Å². The minimum atomic E-state index is -0.182. The summed E-state index contributed by atoms with van der Waals surface area (Å²) in [6.45, 7) is 4.87. The molecule has 0 atom stereocenters. The van der Waals surface area contributed by atoms with Crippen LogP contribution in [0.15, 0.2) is 54.6 Å². The highest BCUT2D eigenvalue weighted by atomic mass is 19.1. The number of hydrogen-bond donors (Lipinski definition) is 0. The van der Waals surface area contributed by atoms with Crippen LogP contribution in [-0.4, -0.2) is 44.7 Å². The van der Waals surface area contributed by atoms with E-state index in [1.54, 1.807) is 7.11 Å². The summed E-state index contributed by atoms with van der Waals surface area (Å²) in [4.78, 5) is 4.73. The Morgan fingerprint density at radius 2 is 1.71 bits per heavy atom. The van der Waals surface area contributed by atoms with Gasteiger partial charge in [-0.2, -0.15) is 0 Å². The fraction of sp³-hybridized carbons (Fsp3) is 0.300. The van der Waals surface area contributed by atoms with Gasteiger partial charge in [0.15, 0.2) is 0 Å². The zero-order valence-electron chi connectivity index (χ0n) is 14.0. The van der Waals surface area contributed by atoms with Crippen LogP contribution in [0.1, 0.15) is 5.56 Å². The van der Waals surface area contributed by atoms with E-state index in [9.17, 15) is 4.39 Å². The quantitative estimate of drug-likeness (QED) is 0.834. The van der Waals surface area contributed by atoms with Gasteiger partial charge in [-0.3, -0.25) is 4.90 Å². The van der Waals surface area contributed by atoms with Gasteiger partial charge in [-0.1, -0.05) is 30.4 Å². The van der Waals surface area contributed by atoms with E-state index in [1.807, 2.05) is 30.3 Å². The Kier molecular flexibility index (Phi) is 5.49. The predicted molar refractivity (Wildman–Crippen MR) is 97.1 cm³/mol. The van der Waals surface area contributed by atoms with E-state index in [-0.39, 0.29) is 5.82 Å². The van der Waals surface area contributed by atoms with Crippen molar-refractivity contribution in [2.45, 2.75) is 0 Å². The average Bonchev–Trinajstić information content (AvgIpc) is 2.63. The predicted octanol–water partition coefficient (Wildman–Crippen LogP) is 3.67. The van der Waals surface area contributed by atoms with Crippen LogP contribution in [0.2, 0.25) is 0 Å². The lowest BCUT2D eigenvalue weighted by molar-refractivity contribution is 0.284. The van der Waals surface area contributed by atoms with Crippen LogP contribution >= 0.6 is 0 Å². The second-order valence-corrected chi connectivity index (χ2v) is 5.91. The van der Waals surface area contributed by atoms with Gasteiger partial charge in [0.05, 0.1) is 7.11 Å². The van der Waals surface area contributed by atoms with Crippen LogP contribution in [0.5, 0.6) is 5.75 Å². The molecule has 0 aromatic heterocycles. The molecule has 1 saturated heterocycles. The summed E-state index contributed by atoms with van der Waals surface area (Å²) in [6, 6.07) is 14.8. The van der Waals surface area contributed by atoms with Crippen LogP contribution in [0, 0.1) is 5.82 Å². The summed E-state index contributed by atoms with van der Waals surface area (Å²) in [5.41, 5.74) is 2.20. The van der Waals surface area contributed by atoms with Crippen LogP contribution in [-0.2, 0) is 0 Å². The van der Waals surface area contributed by atoms with Crippen molar-refractivity contribution in [1.82, 2.24) is 4.90 Å². The van der Waals surface area contributed by atoms with Gasteiger partial charge >= 0.3 is 0 Å². The number of benzene rings is 2. The highest BCUT2D eigenvalue weighted by Gasteiger charge is 2.16. The third kappa shape index (κ3) is 4.15. The molecule has 1 aliphatic rings. The zero-order valence-corrected chi connectivity index (χ0v) is 14.0. The molecule has 24 heavy (non-hydrogen) atoms. The molecule has 1 fully saturated rings. The molecule has 126 valence electrons. The fourth-order valence-electron chi connectivity index (χ4n) is 2.97. The van der Waals surface area contributed by atoms with Gasteiger partial charge in [0.2, 0.25) is 0 Å². The smallest absolute Gasteiger partial charge is 0.126 e. The number of rotatable bonds is 5. The van der Waals surface area contributed by atoms with Crippen molar-refractivity contribution in [3.63, 3.8) is 0 Å². The van der Waals surface area contributed by atoms with E-state index in [2.05, 4.69) is 28.0 Å². The van der Waals surface area contributed by atoms with Crippen molar-refractivity contribution in [2.75, 3.05) is 44.7 Å². The highest BCUT2D eigenvalue weighted by molar-refractivity contribution is 5.57. The fourth-order valence-corrected chi connectivity index (χ4v) is 2.97. The highest BCUT2D eigenvalue weighted by Crippen LogP contribution is 2.19. The first-order chi connectivity index (χ1) is 11.8. The molecular weight excluding hydrogens is 303 g/mol. The maximum Gasteiger partial charge on any atom is 0.126 e. The van der Waals surface area contributed by atoms with Gasteiger partial charge in [0, 0.05) is 44.0 Å². The number of methoxy groups -OCH3 is 1. The second kappa shape index (κ2) is 7.97. The van der Waals surface area contributed by atoms with Gasteiger partial charge in [-0.25, -0.2) is 4.39 Å². The Hall–Kier alpha value is -2.33. The monoisotopic (exact) mass is 326 g/mol. The minimum absolute atomic E-state index is 0.182. The molecule has 1 aliphatic heterocycles. The number of ether oxygens (including phenoxy) is 1. The summed E-state index contributed by atoms with van der Waals surface area (Å²) in [6.07, 6.45) is 4.30. The van der Waals surface area contributed by atoms with E-state index in [4.69, 9.17) is 4.74 Å². The largest absolute Gasteiger partial charge is 0.496 e. The van der Waals surface area contributed by atoms with Crippen molar-refractivity contribution in [3.05, 3.63) is 66.0 Å². The summed E-state index contributed by atoms with van der Waals surface area (Å²) in [7, 11) is 1.70. The SMILES string of the molecule is COc1ccccc1/C=C/CN1CCN(c2ccc(F)cc2)CC1. The van der Waals surface area contributed by atoms with Crippen LogP contribution in [0.4, 0.5) is 10.1 Å². The van der Waals surface area contributed by atoms with Gasteiger partial charge in [0.1, 0.15) is 11.6 Å². The lowest BCUT2D eigenvalue weighted by atomic mass is 10.2. The zero-order chi connectivity index (χ0) is 16.8. The number of anilines is 1. The summed E-state index contributed by atoms with van der Waals surface area (Å²) < 4.78 is 18.4. The first-order valence-corrected chi connectivity index (χ1v) is 8.29. The number of para-hydroxylation sites is 1. The first-order valence-electron chi connectivity index (χ1n) is 8.29. The third-order valence-electron chi connectivity index (χ3n) is 4.36. The van der Waals surface area contributed by atoms with Gasteiger partial charge < -0.3 is 9.64 Å². The lowest BCUT2D eigenvalue weighted by Crippen LogP contribution is -2.46. The number of hydrogen-bond acceptors (Lipinski definition) is 3. The molecular formula is C20H23FN2O. The normalized spacial score (nSPS) is 15.8. The molecule has 0 N–H and O–H groups in total. The van der Waals surface area contributed by atoms with E-state index in [1.165, 1.54) is 12.1 Å². The molecule has 0 saturated carbocycles. The first kappa shape index (κ1) is 16.5. The van der Waals surface area contributed by atoms with Gasteiger partial charge in [-0.15, -0.1) is 0 Å². The van der Waals surface area contributed by atoms with E-state index < -0.39 is 0 Å². The minimum Gasteiger partial charge on any atom is -0.496 e. The van der Waals surface area contributed by atoms with Crippen LogP contribution in [0.25, 0.3) is 6.08 Å². The van der Waals surface area contributed by atoms with Crippen molar-refractivity contribution >= 4 is 11.8 Å². The molecule has 0 spiro atoms. The van der Waals surface area contributed by atoms with Crippen molar-refractivity contribution < 1.29 is 9.13 Å². The number of piperazine rings is 1. The molecule has 2 aromatic carbocycles. The molecule has 3 nitrogen and oxygen atoms in total. The third-order valence-corrected chi connectivity index (χ3v) is 4.36. The van der Waals surface area contributed by atoms with Crippen LogP contribution < -0.4 is 9.64 Å². The maximum absolute atomic E-state index is 13.0. The van der Waals surface area contributed by atoms with E-state index in [0.717, 1.165) is 49.7 Å². The summed E-state index contributed by atoms with van der Waals surface area (Å²) in [5, 5.41) is 0. The second-order valence-electron chi connectivity index (χ2n) is 5.91. The maximum atomic E-state index is 13.0. The number of halogens is 1. The average molecular weight is 326 g/mol. The molecule has 1 heterocycles. The summed E-state index contributed by atoms with van der Waals surface area (Å²) in [5.74, 6) is 0.716. The van der Waals surface area contributed by atoms with Crippen molar-refractivity contribution in [2.24, 2.45) is 0 Å². The Balaban J connectivity index is 1.50. The standard InChI is InChI=1S/C20H23FN2O/c1-24-20-7-3-2-5-17(20)6-4-12-22-13-15-23(16-14-22)19-10-8-18(21)9-11-19/h2-11H,12-16H2,1H3/b6-4+.